The number of aryl methyl sites for hydroxylation is 1. The first-order valence-corrected chi connectivity index (χ1v) is 8.23. The number of nitrogens with zero attached hydrogens (tertiary/aromatic N) is 1. The summed E-state index contributed by atoms with van der Waals surface area (Å²) in [5, 5.41) is 7.37. The molecule has 0 atom stereocenters. The maximum absolute atomic E-state index is 4.37. The van der Waals surface area contributed by atoms with Gasteiger partial charge in [0.25, 0.3) is 0 Å². The van der Waals surface area contributed by atoms with Gasteiger partial charge in [-0.25, -0.2) is 0 Å². The maximum Gasteiger partial charge on any atom is 0.0675 e. The number of thioether (sulfide) groups is 1. The average molecular weight is 366 g/mol. The van der Waals surface area contributed by atoms with Gasteiger partial charge in [-0.1, -0.05) is 43.4 Å². The molecule has 0 spiro atoms. The van der Waals surface area contributed by atoms with Gasteiger partial charge in [0.15, 0.2) is 0 Å². The van der Waals surface area contributed by atoms with Gasteiger partial charge in [-0.2, -0.15) is 16.9 Å². The third kappa shape index (κ3) is 5.64. The summed E-state index contributed by atoms with van der Waals surface area (Å²) >= 11 is 4.49. The SMILES string of the molecule is CC(C)(C)CSCCc1n[nH]cc1C(C)(C)I. The van der Waals surface area contributed by atoms with E-state index in [1.54, 1.807) is 0 Å². The van der Waals surface area contributed by atoms with E-state index in [4.69, 9.17) is 0 Å². The molecular formula is C13H23IN2S. The molecule has 1 aromatic rings. The Bertz CT molecular complexity index is 347. The summed E-state index contributed by atoms with van der Waals surface area (Å²) in [6, 6.07) is 0. The fraction of sp³-hybridized carbons (Fsp3) is 0.769. The molecule has 0 aromatic carbocycles. The molecule has 0 saturated carbocycles. The fourth-order valence-corrected chi connectivity index (χ4v) is 3.13. The van der Waals surface area contributed by atoms with Gasteiger partial charge in [-0.3, -0.25) is 5.10 Å². The van der Waals surface area contributed by atoms with Gasteiger partial charge in [0.2, 0.25) is 0 Å². The number of aromatic nitrogens is 2. The smallest absolute Gasteiger partial charge is 0.0675 e. The number of H-pyrrole nitrogens is 1. The van der Waals surface area contributed by atoms with Gasteiger partial charge >= 0.3 is 0 Å². The van der Waals surface area contributed by atoms with Crippen LogP contribution < -0.4 is 0 Å². The molecule has 98 valence electrons. The molecule has 0 bridgehead atoms. The minimum atomic E-state index is 0.161. The summed E-state index contributed by atoms with van der Waals surface area (Å²) < 4.78 is 0.161. The highest BCUT2D eigenvalue weighted by atomic mass is 127. The molecular weight excluding hydrogens is 343 g/mol. The van der Waals surface area contributed by atoms with E-state index in [0.29, 0.717) is 5.41 Å². The van der Waals surface area contributed by atoms with E-state index in [1.807, 2.05) is 18.0 Å². The molecule has 4 heteroatoms. The number of hydrogen-bond donors (Lipinski definition) is 1. The van der Waals surface area contributed by atoms with E-state index >= 15 is 0 Å². The Morgan fingerprint density at radius 1 is 1.29 bits per heavy atom. The Morgan fingerprint density at radius 2 is 1.94 bits per heavy atom. The van der Waals surface area contributed by atoms with E-state index in [0.717, 1.165) is 12.2 Å². The Morgan fingerprint density at radius 3 is 2.47 bits per heavy atom. The highest BCUT2D eigenvalue weighted by molar-refractivity contribution is 14.1. The monoisotopic (exact) mass is 366 g/mol. The summed E-state index contributed by atoms with van der Waals surface area (Å²) in [5.41, 5.74) is 2.99. The Hall–Kier alpha value is 0.290. The second-order valence-electron chi connectivity index (χ2n) is 6.08. The molecule has 1 rings (SSSR count). The largest absolute Gasteiger partial charge is 0.285 e. The first kappa shape index (κ1) is 15.3. The Balaban J connectivity index is 2.45. The van der Waals surface area contributed by atoms with E-state index in [1.165, 1.54) is 17.0 Å². The molecule has 0 aliphatic carbocycles. The minimum absolute atomic E-state index is 0.161. The molecule has 1 aromatic heterocycles. The van der Waals surface area contributed by atoms with Crippen LogP contribution in [0.25, 0.3) is 0 Å². The van der Waals surface area contributed by atoms with Gasteiger partial charge in [-0.15, -0.1) is 0 Å². The van der Waals surface area contributed by atoms with Crippen LogP contribution in [0.15, 0.2) is 6.20 Å². The zero-order valence-electron chi connectivity index (χ0n) is 11.4. The normalized spacial score (nSPS) is 13.1. The maximum atomic E-state index is 4.37. The van der Waals surface area contributed by atoms with Crippen molar-refractivity contribution in [1.29, 1.82) is 0 Å². The lowest BCUT2D eigenvalue weighted by Gasteiger charge is -2.18. The summed E-state index contributed by atoms with van der Waals surface area (Å²) in [6.07, 6.45) is 3.10. The second-order valence-corrected chi connectivity index (χ2v) is 9.88. The number of rotatable bonds is 5. The molecule has 1 N–H and O–H groups in total. The van der Waals surface area contributed by atoms with Crippen LogP contribution in [0.5, 0.6) is 0 Å². The molecule has 1 heterocycles. The van der Waals surface area contributed by atoms with Gasteiger partial charge in [-0.05, 0) is 30.8 Å². The van der Waals surface area contributed by atoms with E-state index in [-0.39, 0.29) is 3.42 Å². The minimum Gasteiger partial charge on any atom is -0.285 e. The van der Waals surface area contributed by atoms with Crippen molar-refractivity contribution in [3.8, 4) is 0 Å². The van der Waals surface area contributed by atoms with Crippen molar-refractivity contribution in [1.82, 2.24) is 10.2 Å². The second kappa shape index (κ2) is 5.95. The summed E-state index contributed by atoms with van der Waals surface area (Å²) in [5.74, 6) is 2.36. The van der Waals surface area contributed by atoms with Crippen molar-refractivity contribution in [2.24, 2.45) is 5.41 Å². The lowest BCUT2D eigenvalue weighted by atomic mass is 10.0. The molecule has 0 aliphatic rings. The average Bonchev–Trinajstić information content (AvgIpc) is 2.58. The molecule has 17 heavy (non-hydrogen) atoms. The predicted molar refractivity (Wildman–Crippen MR) is 86.1 cm³/mol. The van der Waals surface area contributed by atoms with Gasteiger partial charge in [0.05, 0.1) is 5.69 Å². The standard InChI is InChI=1S/C13H23IN2S/c1-12(2,3)9-17-7-6-11-10(8-15-16-11)13(4,5)14/h8H,6-7,9H2,1-5H3,(H,15,16). The van der Waals surface area contributed by atoms with Crippen LogP contribution in [0.3, 0.4) is 0 Å². The lowest BCUT2D eigenvalue weighted by molar-refractivity contribution is 0.481. The van der Waals surface area contributed by atoms with Gasteiger partial charge in [0, 0.05) is 21.6 Å². The quantitative estimate of drug-likeness (QED) is 0.475. The van der Waals surface area contributed by atoms with Crippen molar-refractivity contribution in [2.75, 3.05) is 11.5 Å². The molecule has 0 saturated heterocycles. The number of nitrogens with one attached hydrogen (secondary N) is 1. The van der Waals surface area contributed by atoms with E-state index in [9.17, 15) is 0 Å². The number of hydrogen-bond acceptors (Lipinski definition) is 2. The first-order chi connectivity index (χ1) is 7.70. The summed E-state index contributed by atoms with van der Waals surface area (Å²) in [6.45, 7) is 11.3. The van der Waals surface area contributed by atoms with Crippen LogP contribution in [-0.4, -0.2) is 21.7 Å². The topological polar surface area (TPSA) is 28.7 Å². The number of halogens is 1. The van der Waals surface area contributed by atoms with Crippen LogP contribution in [-0.2, 0) is 9.84 Å². The van der Waals surface area contributed by atoms with Gasteiger partial charge < -0.3 is 0 Å². The summed E-state index contributed by atoms with van der Waals surface area (Å²) in [7, 11) is 0. The van der Waals surface area contributed by atoms with Crippen molar-refractivity contribution in [2.45, 2.75) is 44.5 Å². The molecule has 0 unspecified atom stereocenters. The third-order valence-corrected chi connectivity index (χ3v) is 4.52. The number of alkyl halides is 1. The molecule has 2 nitrogen and oxygen atoms in total. The summed E-state index contributed by atoms with van der Waals surface area (Å²) in [4.78, 5) is 0. The Labute approximate surface area is 123 Å². The van der Waals surface area contributed by atoms with Gasteiger partial charge in [0.1, 0.15) is 0 Å². The molecule has 0 amide bonds. The van der Waals surface area contributed by atoms with E-state index < -0.39 is 0 Å². The molecule has 0 radical (unpaired) electrons. The van der Waals surface area contributed by atoms with Crippen molar-refractivity contribution >= 4 is 34.4 Å². The van der Waals surface area contributed by atoms with Crippen LogP contribution in [0.1, 0.15) is 45.9 Å². The highest BCUT2D eigenvalue weighted by Crippen LogP contribution is 2.32. The fourth-order valence-electron chi connectivity index (χ4n) is 1.57. The first-order valence-electron chi connectivity index (χ1n) is 6.00. The Kier molecular flexibility index (Phi) is 5.38. The van der Waals surface area contributed by atoms with E-state index in [2.05, 4.69) is 67.4 Å². The lowest BCUT2D eigenvalue weighted by Crippen LogP contribution is -2.11. The zero-order valence-corrected chi connectivity index (χ0v) is 14.4. The molecule has 0 fully saturated rings. The third-order valence-electron chi connectivity index (χ3n) is 2.38. The molecule has 0 aliphatic heterocycles. The zero-order chi connectivity index (χ0) is 13.1. The highest BCUT2D eigenvalue weighted by Gasteiger charge is 2.21. The van der Waals surface area contributed by atoms with Crippen LogP contribution in [0, 0.1) is 5.41 Å². The number of aromatic amines is 1. The van der Waals surface area contributed by atoms with Crippen molar-refractivity contribution in [3.63, 3.8) is 0 Å². The predicted octanol–water partition coefficient (Wildman–Crippen LogP) is 4.40. The van der Waals surface area contributed by atoms with Crippen LogP contribution in [0.2, 0.25) is 0 Å². The van der Waals surface area contributed by atoms with Crippen molar-refractivity contribution < 1.29 is 0 Å². The van der Waals surface area contributed by atoms with Crippen LogP contribution in [0.4, 0.5) is 0 Å². The van der Waals surface area contributed by atoms with Crippen molar-refractivity contribution in [3.05, 3.63) is 17.5 Å². The van der Waals surface area contributed by atoms with Crippen LogP contribution >= 0.6 is 34.4 Å².